The number of carbonyl (C=O) groups is 2. The lowest BCUT2D eigenvalue weighted by atomic mass is 10.2. The van der Waals surface area contributed by atoms with E-state index in [0.717, 1.165) is 11.8 Å². The van der Waals surface area contributed by atoms with E-state index in [1.54, 1.807) is 24.4 Å². The molecule has 1 fully saturated rings. The number of carboxylic acid groups (broad SMARTS) is 1. The van der Waals surface area contributed by atoms with Crippen LogP contribution in [0.4, 0.5) is 0 Å². The lowest BCUT2D eigenvalue weighted by Crippen LogP contribution is -2.44. The van der Waals surface area contributed by atoms with Gasteiger partial charge in [0.15, 0.2) is 0 Å². The van der Waals surface area contributed by atoms with Crippen LogP contribution in [0, 0.1) is 0 Å². The Balaban J connectivity index is 2.24. The van der Waals surface area contributed by atoms with Gasteiger partial charge in [0.1, 0.15) is 10.4 Å². The molecule has 0 spiro atoms. The lowest BCUT2D eigenvalue weighted by molar-refractivity contribution is -0.145. The van der Waals surface area contributed by atoms with Gasteiger partial charge >= 0.3 is 5.97 Å². The molecule has 116 valence electrons. The van der Waals surface area contributed by atoms with Gasteiger partial charge in [0.2, 0.25) is 0 Å². The molecule has 0 saturated carbocycles. The molecule has 0 radical (unpaired) electrons. The third kappa shape index (κ3) is 3.88. The summed E-state index contributed by atoms with van der Waals surface area (Å²) in [6.45, 7) is 0. The van der Waals surface area contributed by atoms with E-state index in [2.05, 4.69) is 4.98 Å². The molecular weight excluding hydrogens is 340 g/mol. The second-order valence-electron chi connectivity index (χ2n) is 4.44. The molecule has 1 aromatic heterocycles. The molecule has 2 rings (SSSR count). The van der Waals surface area contributed by atoms with Crippen LogP contribution in [0.2, 0.25) is 0 Å². The Hall–Kier alpha value is -1.38. The number of amides is 1. The van der Waals surface area contributed by atoms with Crippen molar-refractivity contribution in [1.29, 1.82) is 0 Å². The van der Waals surface area contributed by atoms with E-state index >= 15 is 0 Å². The maximum atomic E-state index is 12.5. The van der Waals surface area contributed by atoms with Crippen LogP contribution in [0.15, 0.2) is 29.3 Å². The van der Waals surface area contributed by atoms with Crippen molar-refractivity contribution in [1.82, 2.24) is 9.88 Å². The zero-order chi connectivity index (χ0) is 16.1. The van der Waals surface area contributed by atoms with Crippen LogP contribution < -0.4 is 0 Å². The van der Waals surface area contributed by atoms with Crippen molar-refractivity contribution in [3.8, 4) is 0 Å². The third-order valence-electron chi connectivity index (χ3n) is 2.98. The Morgan fingerprint density at radius 3 is 2.95 bits per heavy atom. The van der Waals surface area contributed by atoms with Crippen LogP contribution in [-0.4, -0.2) is 49.2 Å². The number of pyridine rings is 1. The van der Waals surface area contributed by atoms with Crippen LogP contribution in [0.1, 0.15) is 12.1 Å². The maximum absolute atomic E-state index is 12.5. The number of carboxylic acids is 1. The van der Waals surface area contributed by atoms with Gasteiger partial charge < -0.3 is 5.11 Å². The first kappa shape index (κ1) is 17.0. The molecule has 0 bridgehead atoms. The molecule has 1 N–H and O–H groups in total. The zero-order valence-corrected chi connectivity index (χ0v) is 14.2. The molecule has 1 atom stereocenters. The van der Waals surface area contributed by atoms with Crippen LogP contribution in [0.3, 0.4) is 0 Å². The van der Waals surface area contributed by atoms with Crippen molar-refractivity contribution in [2.75, 3.05) is 12.0 Å². The van der Waals surface area contributed by atoms with Crippen molar-refractivity contribution < 1.29 is 14.7 Å². The fourth-order valence-electron chi connectivity index (χ4n) is 1.94. The van der Waals surface area contributed by atoms with E-state index in [4.69, 9.17) is 12.2 Å². The number of aromatic nitrogens is 1. The summed E-state index contributed by atoms with van der Waals surface area (Å²) in [6, 6.07) is 4.45. The number of thioether (sulfide) groups is 2. The van der Waals surface area contributed by atoms with Crippen LogP contribution in [-0.2, 0) is 9.59 Å². The summed E-state index contributed by atoms with van der Waals surface area (Å²) in [6.07, 6.45) is 5.52. The summed E-state index contributed by atoms with van der Waals surface area (Å²) in [4.78, 5) is 29.7. The van der Waals surface area contributed by atoms with Gasteiger partial charge in [0, 0.05) is 6.20 Å². The molecule has 0 unspecified atom stereocenters. The average molecular weight is 354 g/mol. The second kappa shape index (κ2) is 7.75. The van der Waals surface area contributed by atoms with Crippen LogP contribution in [0.5, 0.6) is 0 Å². The normalized spacial score (nSPS) is 18.0. The van der Waals surface area contributed by atoms with Gasteiger partial charge in [-0.15, -0.1) is 0 Å². The minimum absolute atomic E-state index is 0.278. The highest BCUT2D eigenvalue weighted by Gasteiger charge is 2.40. The summed E-state index contributed by atoms with van der Waals surface area (Å²) in [5.41, 5.74) is 0.638. The minimum Gasteiger partial charge on any atom is -0.480 e. The standard InChI is InChI=1S/C14H14N2O3S3/c1-21-7-5-10(13(18)19)16-12(17)11(22-14(16)20)8-9-4-2-3-6-15-9/h2-4,6,8,10H,5,7H2,1H3,(H,18,19)/b11-8-/t10-/m0/s1. The predicted octanol–water partition coefficient (Wildman–Crippen LogP) is 2.49. The SMILES string of the molecule is CSCC[C@@H](C(=O)O)N1C(=O)/C(=C/c2ccccn2)SC1=S. The molecule has 1 aliphatic heterocycles. The first-order valence-corrected chi connectivity index (χ1v) is 9.06. The summed E-state index contributed by atoms with van der Waals surface area (Å²) in [7, 11) is 0. The van der Waals surface area contributed by atoms with E-state index in [1.807, 2.05) is 12.3 Å². The number of rotatable bonds is 6. The lowest BCUT2D eigenvalue weighted by Gasteiger charge is -2.22. The van der Waals surface area contributed by atoms with Crippen LogP contribution in [0.25, 0.3) is 6.08 Å². The smallest absolute Gasteiger partial charge is 0.326 e. The molecule has 5 nitrogen and oxygen atoms in total. The third-order valence-corrected chi connectivity index (χ3v) is 4.96. The molecule has 1 amide bonds. The predicted molar refractivity (Wildman–Crippen MR) is 93.7 cm³/mol. The number of hydrogen-bond acceptors (Lipinski definition) is 6. The highest BCUT2D eigenvalue weighted by Crippen LogP contribution is 2.34. The monoisotopic (exact) mass is 354 g/mol. The topological polar surface area (TPSA) is 70.5 Å². The Labute approximate surface area is 142 Å². The fraction of sp³-hybridized carbons (Fsp3) is 0.286. The molecule has 8 heteroatoms. The van der Waals surface area contributed by atoms with Gasteiger partial charge in [-0.2, -0.15) is 11.8 Å². The molecule has 1 aliphatic rings. The molecule has 22 heavy (non-hydrogen) atoms. The summed E-state index contributed by atoms with van der Waals surface area (Å²) >= 11 is 7.84. The largest absolute Gasteiger partial charge is 0.480 e. The number of carbonyl (C=O) groups excluding carboxylic acids is 1. The number of aliphatic carboxylic acids is 1. The Morgan fingerprint density at radius 1 is 1.59 bits per heavy atom. The maximum Gasteiger partial charge on any atom is 0.326 e. The van der Waals surface area contributed by atoms with Gasteiger partial charge in [-0.1, -0.05) is 30.0 Å². The summed E-state index contributed by atoms with van der Waals surface area (Å²) < 4.78 is 0.278. The molecular formula is C14H14N2O3S3. The fourth-order valence-corrected chi connectivity index (χ4v) is 3.74. The highest BCUT2D eigenvalue weighted by atomic mass is 32.2. The average Bonchev–Trinajstić information content (AvgIpc) is 2.76. The quantitative estimate of drug-likeness (QED) is 0.621. The van der Waals surface area contributed by atoms with Crippen molar-refractivity contribution in [2.24, 2.45) is 0 Å². The van der Waals surface area contributed by atoms with Gasteiger partial charge in [-0.25, -0.2) is 4.79 Å². The zero-order valence-electron chi connectivity index (χ0n) is 11.8. The Kier molecular flexibility index (Phi) is 5.98. The number of thiocarbonyl (C=S) groups is 1. The van der Waals surface area contributed by atoms with E-state index in [-0.39, 0.29) is 10.2 Å². The van der Waals surface area contributed by atoms with Crippen molar-refractivity contribution in [2.45, 2.75) is 12.5 Å². The molecule has 1 aromatic rings. The Bertz CT molecular complexity index is 619. The number of hydrogen-bond donors (Lipinski definition) is 1. The summed E-state index contributed by atoms with van der Waals surface area (Å²) in [5.74, 6) is -0.758. The van der Waals surface area contributed by atoms with Gasteiger partial charge in [-0.05, 0) is 36.6 Å². The highest BCUT2D eigenvalue weighted by molar-refractivity contribution is 8.26. The molecule has 2 heterocycles. The summed E-state index contributed by atoms with van der Waals surface area (Å²) in [5, 5.41) is 9.37. The van der Waals surface area contributed by atoms with Gasteiger partial charge in [-0.3, -0.25) is 14.7 Å². The van der Waals surface area contributed by atoms with Crippen molar-refractivity contribution >= 4 is 58.0 Å². The molecule has 0 aliphatic carbocycles. The first-order chi connectivity index (χ1) is 10.5. The number of nitrogens with zero attached hydrogens (tertiary/aromatic N) is 2. The molecule has 1 saturated heterocycles. The first-order valence-electron chi connectivity index (χ1n) is 6.44. The Morgan fingerprint density at radius 2 is 2.36 bits per heavy atom. The second-order valence-corrected chi connectivity index (χ2v) is 7.10. The van der Waals surface area contributed by atoms with Crippen molar-refractivity contribution in [3.63, 3.8) is 0 Å². The van der Waals surface area contributed by atoms with E-state index in [1.165, 1.54) is 16.7 Å². The van der Waals surface area contributed by atoms with Crippen LogP contribution >= 0.6 is 35.7 Å². The van der Waals surface area contributed by atoms with E-state index in [0.29, 0.717) is 22.8 Å². The minimum atomic E-state index is -1.04. The van der Waals surface area contributed by atoms with Gasteiger partial charge in [0.25, 0.3) is 5.91 Å². The molecule has 0 aromatic carbocycles. The van der Waals surface area contributed by atoms with E-state index < -0.39 is 12.0 Å². The van der Waals surface area contributed by atoms with E-state index in [9.17, 15) is 14.7 Å². The van der Waals surface area contributed by atoms with Crippen molar-refractivity contribution in [3.05, 3.63) is 35.0 Å². The van der Waals surface area contributed by atoms with Gasteiger partial charge in [0.05, 0.1) is 10.6 Å².